The molecule has 1 saturated carbocycles. The second-order valence-electron chi connectivity index (χ2n) is 3.99. The maximum atomic E-state index is 10.5. The first-order valence-corrected chi connectivity index (χ1v) is 5.33. The number of hydrogen-bond acceptors (Lipinski definition) is 2. The van der Waals surface area contributed by atoms with Crippen molar-refractivity contribution in [1.82, 2.24) is 0 Å². The largest absolute Gasteiger partial charge is 0.269 e. The first-order chi connectivity index (χ1) is 7.27. The molecule has 15 heavy (non-hydrogen) atoms. The lowest BCUT2D eigenvalue weighted by Gasteiger charge is -2.21. The van der Waals surface area contributed by atoms with E-state index in [4.69, 9.17) is 0 Å². The van der Waals surface area contributed by atoms with Gasteiger partial charge in [0.15, 0.2) is 0 Å². The number of nitro groups is 1. The van der Waals surface area contributed by atoms with Crippen molar-refractivity contribution in [1.29, 1.82) is 0 Å². The van der Waals surface area contributed by atoms with Crippen LogP contribution in [0.4, 0.5) is 5.69 Å². The van der Waals surface area contributed by atoms with Crippen LogP contribution in [0, 0.1) is 16.5 Å². The summed E-state index contributed by atoms with van der Waals surface area (Å²) in [6, 6.07) is 7.00. The van der Waals surface area contributed by atoms with Gasteiger partial charge in [0.2, 0.25) is 0 Å². The summed E-state index contributed by atoms with van der Waals surface area (Å²) in [7, 11) is 0. The van der Waals surface area contributed by atoms with E-state index in [1.54, 1.807) is 12.1 Å². The second kappa shape index (κ2) is 4.43. The van der Waals surface area contributed by atoms with Crippen molar-refractivity contribution >= 4 is 5.69 Å². The summed E-state index contributed by atoms with van der Waals surface area (Å²) in [6.45, 7) is 0. The third kappa shape index (κ3) is 2.35. The molecule has 3 heteroatoms. The van der Waals surface area contributed by atoms with Gasteiger partial charge in [-0.2, -0.15) is 0 Å². The van der Waals surface area contributed by atoms with Crippen molar-refractivity contribution in [3.8, 4) is 0 Å². The molecule has 0 atom stereocenters. The first-order valence-electron chi connectivity index (χ1n) is 5.33. The Hall–Kier alpha value is -1.38. The highest BCUT2D eigenvalue weighted by Crippen LogP contribution is 2.32. The van der Waals surface area contributed by atoms with Gasteiger partial charge in [-0.15, -0.1) is 0 Å². The van der Waals surface area contributed by atoms with E-state index in [9.17, 15) is 10.1 Å². The van der Waals surface area contributed by atoms with Gasteiger partial charge in [-0.3, -0.25) is 10.1 Å². The number of nitro benzene ring substituents is 1. The summed E-state index contributed by atoms with van der Waals surface area (Å²) >= 11 is 0. The lowest BCUT2D eigenvalue weighted by atomic mass is 9.84. The van der Waals surface area contributed by atoms with Crippen molar-refractivity contribution in [2.45, 2.75) is 31.6 Å². The van der Waals surface area contributed by atoms with Crippen molar-refractivity contribution in [3.63, 3.8) is 0 Å². The molecule has 79 valence electrons. The van der Waals surface area contributed by atoms with Gasteiger partial charge >= 0.3 is 0 Å². The van der Waals surface area contributed by atoms with E-state index in [-0.39, 0.29) is 10.6 Å². The van der Waals surface area contributed by atoms with E-state index in [0.29, 0.717) is 5.92 Å². The maximum Gasteiger partial charge on any atom is 0.269 e. The lowest BCUT2D eigenvalue weighted by molar-refractivity contribution is -0.384. The molecular weight excluding hydrogens is 190 g/mol. The Morgan fingerprint density at radius 3 is 2.27 bits per heavy atom. The van der Waals surface area contributed by atoms with Gasteiger partial charge in [-0.05, 0) is 43.6 Å². The molecule has 0 amide bonds. The molecule has 0 aliphatic heterocycles. The van der Waals surface area contributed by atoms with E-state index in [0.717, 1.165) is 0 Å². The minimum absolute atomic E-state index is 0.182. The van der Waals surface area contributed by atoms with Crippen LogP contribution in [0.25, 0.3) is 0 Å². The Morgan fingerprint density at radius 1 is 1.13 bits per heavy atom. The second-order valence-corrected chi connectivity index (χ2v) is 3.99. The molecule has 0 bridgehead atoms. The summed E-state index contributed by atoms with van der Waals surface area (Å²) in [4.78, 5) is 10.1. The monoisotopic (exact) mass is 204 g/mol. The fraction of sp³-hybridized carbons (Fsp3) is 0.417. The number of benzene rings is 1. The van der Waals surface area contributed by atoms with Crippen molar-refractivity contribution in [2.75, 3.05) is 0 Å². The molecule has 0 unspecified atom stereocenters. The number of non-ortho nitro benzene ring substituents is 1. The van der Waals surface area contributed by atoms with Crippen LogP contribution in [0.3, 0.4) is 0 Å². The Bertz CT molecular complexity index is 339. The van der Waals surface area contributed by atoms with Crippen LogP contribution in [0.2, 0.25) is 0 Å². The Kier molecular flexibility index (Phi) is 2.99. The quantitative estimate of drug-likeness (QED) is 0.547. The van der Waals surface area contributed by atoms with Crippen molar-refractivity contribution in [3.05, 3.63) is 46.4 Å². The first kappa shape index (κ1) is 10.1. The van der Waals surface area contributed by atoms with Crippen LogP contribution >= 0.6 is 0 Å². The third-order valence-electron chi connectivity index (χ3n) is 3.01. The summed E-state index contributed by atoms with van der Waals surface area (Å²) in [6.07, 6.45) is 7.01. The molecule has 3 nitrogen and oxygen atoms in total. The van der Waals surface area contributed by atoms with E-state index in [1.807, 2.05) is 12.1 Å². The Labute approximate surface area is 89.3 Å². The molecule has 1 aromatic rings. The predicted molar refractivity (Wildman–Crippen MR) is 58.6 cm³/mol. The SMILES string of the molecule is O=[N+]([O-])c1ccc(C2CC[CH]CC2)cc1. The maximum absolute atomic E-state index is 10.5. The van der Waals surface area contributed by atoms with Crippen molar-refractivity contribution < 1.29 is 4.92 Å². The molecule has 1 aromatic carbocycles. The van der Waals surface area contributed by atoms with E-state index >= 15 is 0 Å². The molecule has 1 aliphatic carbocycles. The normalized spacial score (nSPS) is 17.6. The highest BCUT2D eigenvalue weighted by atomic mass is 16.6. The molecule has 0 heterocycles. The third-order valence-corrected chi connectivity index (χ3v) is 3.01. The Balaban J connectivity index is 2.11. The minimum Gasteiger partial charge on any atom is -0.258 e. The molecule has 2 rings (SSSR count). The zero-order chi connectivity index (χ0) is 10.7. The van der Waals surface area contributed by atoms with Crippen LogP contribution in [-0.2, 0) is 0 Å². The van der Waals surface area contributed by atoms with Gasteiger partial charge in [0.05, 0.1) is 4.92 Å². The smallest absolute Gasteiger partial charge is 0.258 e. The molecule has 0 spiro atoms. The topological polar surface area (TPSA) is 43.1 Å². The molecule has 1 aliphatic rings. The number of hydrogen-bond donors (Lipinski definition) is 0. The highest BCUT2D eigenvalue weighted by Gasteiger charge is 2.16. The van der Waals surface area contributed by atoms with Crippen LogP contribution < -0.4 is 0 Å². The van der Waals surface area contributed by atoms with E-state index in [2.05, 4.69) is 6.42 Å². The fourth-order valence-electron chi connectivity index (χ4n) is 2.13. The molecule has 0 N–H and O–H groups in total. The number of nitrogens with zero attached hydrogens (tertiary/aromatic N) is 1. The molecule has 1 radical (unpaired) electrons. The molecule has 1 fully saturated rings. The van der Waals surface area contributed by atoms with E-state index in [1.165, 1.54) is 31.2 Å². The van der Waals surface area contributed by atoms with Gasteiger partial charge in [0, 0.05) is 12.1 Å². The van der Waals surface area contributed by atoms with Gasteiger partial charge in [0.25, 0.3) is 5.69 Å². The summed E-state index contributed by atoms with van der Waals surface area (Å²) in [5.41, 5.74) is 1.43. The van der Waals surface area contributed by atoms with Gasteiger partial charge in [0.1, 0.15) is 0 Å². The van der Waals surface area contributed by atoms with Crippen molar-refractivity contribution in [2.24, 2.45) is 0 Å². The van der Waals surface area contributed by atoms with Gasteiger partial charge in [-0.1, -0.05) is 12.1 Å². The average molecular weight is 204 g/mol. The summed E-state index contributed by atoms with van der Waals surface area (Å²) in [5.74, 6) is 0.593. The van der Waals surface area contributed by atoms with E-state index < -0.39 is 0 Å². The lowest BCUT2D eigenvalue weighted by Crippen LogP contribution is -2.04. The minimum atomic E-state index is -0.349. The zero-order valence-electron chi connectivity index (χ0n) is 8.56. The zero-order valence-corrected chi connectivity index (χ0v) is 8.56. The Morgan fingerprint density at radius 2 is 1.73 bits per heavy atom. The fourth-order valence-corrected chi connectivity index (χ4v) is 2.13. The van der Waals surface area contributed by atoms with Crippen LogP contribution in [-0.4, -0.2) is 4.92 Å². The highest BCUT2D eigenvalue weighted by molar-refractivity contribution is 5.34. The molecule has 0 saturated heterocycles. The van der Waals surface area contributed by atoms with Gasteiger partial charge < -0.3 is 0 Å². The predicted octanol–water partition coefficient (Wildman–Crippen LogP) is 3.46. The molecule has 0 aromatic heterocycles. The van der Waals surface area contributed by atoms with Crippen LogP contribution in [0.15, 0.2) is 24.3 Å². The molecular formula is C12H14NO2. The standard InChI is InChI=1S/C12H14NO2/c14-13(15)12-8-6-11(7-9-12)10-4-2-1-3-5-10/h1,6-10H,2-5H2. The number of rotatable bonds is 2. The summed E-state index contributed by atoms with van der Waals surface area (Å²) in [5, 5.41) is 10.5. The summed E-state index contributed by atoms with van der Waals surface area (Å²) < 4.78 is 0. The van der Waals surface area contributed by atoms with Crippen LogP contribution in [0.5, 0.6) is 0 Å². The average Bonchev–Trinajstić information content (AvgIpc) is 2.30. The van der Waals surface area contributed by atoms with Gasteiger partial charge in [-0.25, -0.2) is 0 Å². The van der Waals surface area contributed by atoms with Crippen LogP contribution in [0.1, 0.15) is 37.2 Å².